The van der Waals surface area contributed by atoms with E-state index in [2.05, 4.69) is 6.92 Å². The van der Waals surface area contributed by atoms with Crippen LogP contribution in [0.3, 0.4) is 0 Å². The summed E-state index contributed by atoms with van der Waals surface area (Å²) in [7, 11) is -3.56. The first kappa shape index (κ1) is 20.8. The van der Waals surface area contributed by atoms with Crippen LogP contribution in [0, 0.1) is 0 Å². The van der Waals surface area contributed by atoms with E-state index in [1.165, 1.54) is 22.0 Å². The lowest BCUT2D eigenvalue weighted by atomic mass is 10.1. The largest absolute Gasteiger partial charge is 0.335 e. The number of quaternary nitrogens is 1. The van der Waals surface area contributed by atoms with Crippen molar-refractivity contribution in [1.82, 2.24) is 9.21 Å². The van der Waals surface area contributed by atoms with Crippen molar-refractivity contribution in [1.29, 1.82) is 0 Å². The molecule has 0 aromatic heterocycles. The first-order chi connectivity index (χ1) is 13.4. The SMILES string of the molecule is C[C@@H]([NH2+]CC(=O)N1CCN(S(=O)(=O)c2ccc(Cl)cc2)CC1)c1ccccc1. The second-order valence-electron chi connectivity index (χ2n) is 6.88. The van der Waals surface area contributed by atoms with Gasteiger partial charge in [0.15, 0.2) is 6.54 Å². The van der Waals surface area contributed by atoms with Gasteiger partial charge in [-0.1, -0.05) is 41.9 Å². The van der Waals surface area contributed by atoms with Gasteiger partial charge in [0.05, 0.1) is 4.90 Å². The van der Waals surface area contributed by atoms with Crippen molar-refractivity contribution in [2.45, 2.75) is 17.9 Å². The van der Waals surface area contributed by atoms with E-state index in [9.17, 15) is 13.2 Å². The van der Waals surface area contributed by atoms with E-state index in [1.54, 1.807) is 17.0 Å². The summed E-state index contributed by atoms with van der Waals surface area (Å²) in [4.78, 5) is 14.5. The number of nitrogens with zero attached hydrogens (tertiary/aromatic N) is 2. The first-order valence-electron chi connectivity index (χ1n) is 9.29. The molecule has 1 aliphatic heterocycles. The summed E-state index contributed by atoms with van der Waals surface area (Å²) in [6, 6.07) is 16.4. The fraction of sp³-hybridized carbons (Fsp3) is 0.350. The average Bonchev–Trinajstić information content (AvgIpc) is 2.73. The summed E-state index contributed by atoms with van der Waals surface area (Å²) in [5, 5.41) is 2.50. The summed E-state index contributed by atoms with van der Waals surface area (Å²) < 4.78 is 26.9. The van der Waals surface area contributed by atoms with E-state index in [0.717, 1.165) is 0 Å². The van der Waals surface area contributed by atoms with Crippen molar-refractivity contribution < 1.29 is 18.5 Å². The van der Waals surface area contributed by atoms with Crippen LogP contribution in [0.5, 0.6) is 0 Å². The van der Waals surface area contributed by atoms with Crippen LogP contribution in [0.4, 0.5) is 0 Å². The number of hydrogen-bond donors (Lipinski definition) is 1. The number of nitrogens with two attached hydrogens (primary N) is 1. The number of benzene rings is 2. The summed E-state index contributed by atoms with van der Waals surface area (Å²) in [5.41, 5.74) is 1.18. The Balaban J connectivity index is 1.52. The van der Waals surface area contributed by atoms with Gasteiger partial charge >= 0.3 is 0 Å². The molecule has 28 heavy (non-hydrogen) atoms. The molecule has 2 aromatic carbocycles. The number of halogens is 1. The maximum absolute atomic E-state index is 12.7. The van der Waals surface area contributed by atoms with E-state index in [4.69, 9.17) is 11.6 Å². The minimum atomic E-state index is -3.56. The fourth-order valence-electron chi connectivity index (χ4n) is 3.23. The molecule has 2 aromatic rings. The molecule has 8 heteroatoms. The molecule has 1 atom stereocenters. The zero-order chi connectivity index (χ0) is 20.1. The molecule has 3 rings (SSSR count). The molecular formula is C20H25ClN3O3S+. The highest BCUT2D eigenvalue weighted by atomic mass is 35.5. The molecule has 0 bridgehead atoms. The van der Waals surface area contributed by atoms with E-state index in [1.807, 2.05) is 35.6 Å². The van der Waals surface area contributed by atoms with E-state index < -0.39 is 10.0 Å². The number of rotatable bonds is 6. The minimum absolute atomic E-state index is 0.0336. The van der Waals surface area contributed by atoms with E-state index in [-0.39, 0.29) is 16.8 Å². The van der Waals surface area contributed by atoms with Gasteiger partial charge in [-0.25, -0.2) is 8.42 Å². The third-order valence-electron chi connectivity index (χ3n) is 5.01. The van der Waals surface area contributed by atoms with Gasteiger partial charge in [0.2, 0.25) is 10.0 Å². The van der Waals surface area contributed by atoms with Gasteiger partial charge in [-0.05, 0) is 31.2 Å². The normalized spacial score (nSPS) is 16.7. The lowest BCUT2D eigenvalue weighted by Crippen LogP contribution is -2.87. The molecule has 1 heterocycles. The maximum Gasteiger partial charge on any atom is 0.277 e. The number of hydrogen-bond acceptors (Lipinski definition) is 3. The van der Waals surface area contributed by atoms with Gasteiger partial charge in [-0.3, -0.25) is 4.79 Å². The summed E-state index contributed by atoms with van der Waals surface area (Å²) in [6.45, 7) is 3.81. The van der Waals surface area contributed by atoms with Gasteiger partial charge in [0.25, 0.3) is 5.91 Å². The number of carbonyl (C=O) groups excluding carboxylic acids is 1. The van der Waals surface area contributed by atoms with Crippen molar-refractivity contribution >= 4 is 27.5 Å². The molecule has 150 valence electrons. The Morgan fingerprint density at radius 1 is 1.04 bits per heavy atom. The van der Waals surface area contributed by atoms with Crippen molar-refractivity contribution in [3.8, 4) is 0 Å². The van der Waals surface area contributed by atoms with Crippen LogP contribution in [-0.4, -0.2) is 56.3 Å². The molecule has 1 saturated heterocycles. The van der Waals surface area contributed by atoms with Crippen molar-refractivity contribution in [3.63, 3.8) is 0 Å². The highest BCUT2D eigenvalue weighted by Gasteiger charge is 2.30. The number of piperazine rings is 1. The Bertz CT molecular complexity index is 896. The first-order valence-corrected chi connectivity index (χ1v) is 11.1. The Morgan fingerprint density at radius 2 is 1.64 bits per heavy atom. The van der Waals surface area contributed by atoms with Crippen LogP contribution in [0.25, 0.3) is 0 Å². The van der Waals surface area contributed by atoms with Crippen LogP contribution in [0.15, 0.2) is 59.5 Å². The molecule has 6 nitrogen and oxygen atoms in total. The van der Waals surface area contributed by atoms with Crippen molar-refractivity contribution in [2.24, 2.45) is 0 Å². The van der Waals surface area contributed by atoms with E-state index in [0.29, 0.717) is 37.7 Å². The zero-order valence-electron chi connectivity index (χ0n) is 15.8. The third-order valence-corrected chi connectivity index (χ3v) is 7.18. The molecule has 1 fully saturated rings. The quantitative estimate of drug-likeness (QED) is 0.766. The van der Waals surface area contributed by atoms with Gasteiger partial charge in [-0.2, -0.15) is 4.31 Å². The highest BCUT2D eigenvalue weighted by molar-refractivity contribution is 7.89. The second-order valence-corrected chi connectivity index (χ2v) is 9.25. The van der Waals surface area contributed by atoms with Crippen LogP contribution in [0.1, 0.15) is 18.5 Å². The third kappa shape index (κ3) is 4.91. The molecule has 1 aliphatic rings. The Morgan fingerprint density at radius 3 is 2.25 bits per heavy atom. The Kier molecular flexibility index (Phi) is 6.72. The summed E-state index contributed by atoms with van der Waals surface area (Å²) in [5.74, 6) is 0.0336. The molecule has 2 N–H and O–H groups in total. The van der Waals surface area contributed by atoms with E-state index >= 15 is 0 Å². The topological polar surface area (TPSA) is 74.3 Å². The van der Waals surface area contributed by atoms with Gasteiger partial charge in [0.1, 0.15) is 6.04 Å². The maximum atomic E-state index is 12.7. The lowest BCUT2D eigenvalue weighted by Gasteiger charge is -2.33. The molecule has 0 radical (unpaired) electrons. The number of carbonyl (C=O) groups is 1. The molecule has 0 spiro atoms. The van der Waals surface area contributed by atoms with Crippen LogP contribution >= 0.6 is 11.6 Å². The monoisotopic (exact) mass is 422 g/mol. The van der Waals surface area contributed by atoms with Crippen molar-refractivity contribution in [3.05, 3.63) is 65.2 Å². The van der Waals surface area contributed by atoms with Crippen LogP contribution in [-0.2, 0) is 14.8 Å². The minimum Gasteiger partial charge on any atom is -0.335 e. The lowest BCUT2D eigenvalue weighted by molar-refractivity contribution is -0.683. The second kappa shape index (κ2) is 9.05. The predicted octanol–water partition coefficient (Wildman–Crippen LogP) is 1.50. The average molecular weight is 423 g/mol. The molecule has 0 unspecified atom stereocenters. The fourth-order valence-corrected chi connectivity index (χ4v) is 4.78. The summed E-state index contributed by atoms with van der Waals surface area (Å²) in [6.07, 6.45) is 0. The van der Waals surface area contributed by atoms with Crippen LogP contribution in [0.2, 0.25) is 5.02 Å². The Hall–Kier alpha value is -1.93. The zero-order valence-corrected chi connectivity index (χ0v) is 17.4. The van der Waals surface area contributed by atoms with Gasteiger partial charge in [-0.15, -0.1) is 0 Å². The smallest absolute Gasteiger partial charge is 0.277 e. The standard InChI is InChI=1S/C20H24ClN3O3S/c1-16(17-5-3-2-4-6-17)22-15-20(25)23-11-13-24(14-12-23)28(26,27)19-9-7-18(21)8-10-19/h2-10,16,22H,11-15H2,1H3/p+1/t16-/m1/s1. The molecule has 0 saturated carbocycles. The summed E-state index contributed by atoms with van der Waals surface area (Å²) >= 11 is 5.84. The van der Waals surface area contributed by atoms with Crippen LogP contribution < -0.4 is 5.32 Å². The molecule has 1 amide bonds. The number of amides is 1. The van der Waals surface area contributed by atoms with Crippen molar-refractivity contribution in [2.75, 3.05) is 32.7 Å². The Labute approximate surface area is 171 Å². The predicted molar refractivity (Wildman–Crippen MR) is 108 cm³/mol. The number of sulfonamides is 1. The van der Waals surface area contributed by atoms with Gasteiger partial charge in [0, 0.05) is 36.8 Å². The molecular weight excluding hydrogens is 398 g/mol. The highest BCUT2D eigenvalue weighted by Crippen LogP contribution is 2.19. The molecule has 0 aliphatic carbocycles. The van der Waals surface area contributed by atoms with Gasteiger partial charge < -0.3 is 10.2 Å².